The third-order valence-corrected chi connectivity index (χ3v) is 4.83. The minimum Gasteiger partial charge on any atom is -0.396 e. The Balaban J connectivity index is 1.95. The molecule has 7 heteroatoms. The van der Waals surface area contributed by atoms with Gasteiger partial charge in [0, 0.05) is 37.7 Å². The molecule has 1 aliphatic heterocycles. The van der Waals surface area contributed by atoms with Crippen molar-refractivity contribution in [1.82, 2.24) is 14.8 Å². The summed E-state index contributed by atoms with van der Waals surface area (Å²) in [5, 5.41) is 10.1. The fourth-order valence-corrected chi connectivity index (χ4v) is 3.84. The van der Waals surface area contributed by atoms with Gasteiger partial charge in [-0.3, -0.25) is 9.59 Å². The number of carbonyl (C=O) groups excluding carboxylic acids is 1. The van der Waals surface area contributed by atoms with Crippen molar-refractivity contribution in [3.05, 3.63) is 46.0 Å². The molecule has 140 valence electrons. The van der Waals surface area contributed by atoms with Crippen LogP contribution in [0, 0.1) is 17.7 Å². The van der Waals surface area contributed by atoms with E-state index in [0.717, 1.165) is 13.0 Å². The number of likely N-dealkylation sites (tertiary alicyclic amines) is 1. The average molecular weight is 361 g/mol. The number of carbonyl (C=O) groups is 1. The van der Waals surface area contributed by atoms with E-state index in [9.17, 15) is 19.1 Å². The van der Waals surface area contributed by atoms with E-state index in [1.165, 1.54) is 24.3 Å². The van der Waals surface area contributed by atoms with Crippen LogP contribution in [-0.4, -0.2) is 66.1 Å². The molecule has 6 nitrogen and oxygen atoms in total. The molecule has 1 aromatic heterocycles. The van der Waals surface area contributed by atoms with Gasteiger partial charge in [0.15, 0.2) is 0 Å². The quantitative estimate of drug-likeness (QED) is 0.861. The van der Waals surface area contributed by atoms with Crippen LogP contribution >= 0.6 is 0 Å². The number of rotatable bonds is 4. The Morgan fingerprint density at radius 3 is 2.73 bits per heavy atom. The van der Waals surface area contributed by atoms with Gasteiger partial charge in [0.2, 0.25) is 5.56 Å². The summed E-state index contributed by atoms with van der Waals surface area (Å²) in [6.07, 6.45) is 0.861. The Kier molecular flexibility index (Phi) is 5.38. The van der Waals surface area contributed by atoms with Crippen molar-refractivity contribution < 1.29 is 14.3 Å². The molecule has 2 N–H and O–H groups in total. The van der Waals surface area contributed by atoms with Crippen molar-refractivity contribution in [1.29, 1.82) is 0 Å². The minimum absolute atomic E-state index is 0.0170. The van der Waals surface area contributed by atoms with E-state index in [-0.39, 0.29) is 29.9 Å². The third kappa shape index (κ3) is 3.94. The van der Waals surface area contributed by atoms with Crippen LogP contribution in [0.2, 0.25) is 0 Å². The van der Waals surface area contributed by atoms with Crippen molar-refractivity contribution >= 4 is 16.8 Å². The zero-order chi connectivity index (χ0) is 18.8. The van der Waals surface area contributed by atoms with Gasteiger partial charge in [0.05, 0.1) is 11.1 Å². The van der Waals surface area contributed by atoms with Crippen LogP contribution in [0.3, 0.4) is 0 Å². The lowest BCUT2D eigenvalue weighted by Gasteiger charge is -2.38. The second kappa shape index (κ2) is 7.55. The normalized spacial score (nSPS) is 20.7. The smallest absolute Gasteiger partial charge is 0.254 e. The number of benzene rings is 1. The summed E-state index contributed by atoms with van der Waals surface area (Å²) >= 11 is 0. The molecule has 1 fully saturated rings. The predicted molar refractivity (Wildman–Crippen MR) is 97.7 cm³/mol. The second-order valence-electron chi connectivity index (χ2n) is 7.36. The zero-order valence-electron chi connectivity index (χ0n) is 15.0. The number of aliphatic hydroxyl groups excluding tert-OH is 1. The van der Waals surface area contributed by atoms with Crippen LogP contribution in [0.4, 0.5) is 4.39 Å². The van der Waals surface area contributed by atoms with Gasteiger partial charge in [-0.1, -0.05) is 0 Å². The Bertz CT molecular complexity index is 865. The number of nitrogens with one attached hydrogen (secondary N) is 1. The van der Waals surface area contributed by atoms with Crippen LogP contribution < -0.4 is 5.56 Å². The van der Waals surface area contributed by atoms with E-state index in [4.69, 9.17) is 0 Å². The van der Waals surface area contributed by atoms with Crippen LogP contribution in [-0.2, 0) is 0 Å². The predicted octanol–water partition coefficient (Wildman–Crippen LogP) is 1.30. The van der Waals surface area contributed by atoms with Crippen molar-refractivity contribution in [2.24, 2.45) is 11.8 Å². The van der Waals surface area contributed by atoms with Crippen molar-refractivity contribution in [3.8, 4) is 0 Å². The number of hydrogen-bond acceptors (Lipinski definition) is 4. The van der Waals surface area contributed by atoms with E-state index in [1.54, 1.807) is 4.90 Å². The molecule has 2 heterocycles. The minimum atomic E-state index is -0.470. The highest BCUT2D eigenvalue weighted by molar-refractivity contribution is 6.06. The number of piperidine rings is 1. The van der Waals surface area contributed by atoms with Crippen molar-refractivity contribution in [3.63, 3.8) is 0 Å². The summed E-state index contributed by atoms with van der Waals surface area (Å²) in [5.74, 6) is -0.453. The van der Waals surface area contributed by atoms with Gasteiger partial charge < -0.3 is 19.9 Å². The van der Waals surface area contributed by atoms with E-state index >= 15 is 0 Å². The summed E-state index contributed by atoms with van der Waals surface area (Å²) < 4.78 is 13.5. The van der Waals surface area contributed by atoms with Crippen LogP contribution in [0.5, 0.6) is 0 Å². The fraction of sp³-hybridized carbons (Fsp3) is 0.474. The number of aromatic amines is 1. The molecule has 1 saturated heterocycles. The van der Waals surface area contributed by atoms with E-state index < -0.39 is 11.4 Å². The zero-order valence-corrected chi connectivity index (χ0v) is 15.0. The van der Waals surface area contributed by atoms with E-state index in [1.807, 2.05) is 14.1 Å². The molecule has 2 atom stereocenters. The number of fused-ring (bicyclic) bond motifs is 1. The van der Waals surface area contributed by atoms with Crippen LogP contribution in [0.1, 0.15) is 16.8 Å². The molecule has 0 aliphatic carbocycles. The van der Waals surface area contributed by atoms with Gasteiger partial charge in [0.1, 0.15) is 5.82 Å². The molecule has 0 radical (unpaired) electrons. The average Bonchev–Trinajstić information content (AvgIpc) is 2.59. The number of H-pyrrole nitrogens is 1. The number of halogens is 1. The highest BCUT2D eigenvalue weighted by atomic mass is 19.1. The highest BCUT2D eigenvalue weighted by Gasteiger charge is 2.31. The first-order chi connectivity index (χ1) is 12.4. The monoisotopic (exact) mass is 361 g/mol. The van der Waals surface area contributed by atoms with Crippen LogP contribution in [0.15, 0.2) is 29.1 Å². The largest absolute Gasteiger partial charge is 0.396 e. The van der Waals surface area contributed by atoms with Gasteiger partial charge in [-0.25, -0.2) is 4.39 Å². The molecule has 2 unspecified atom stereocenters. The lowest BCUT2D eigenvalue weighted by molar-refractivity contribution is 0.0479. The standard InChI is InChI=1S/C19H24FN3O3/c1-22(2)8-12-5-13(11-24)10-23(9-12)19(26)16-7-18(25)21-17-6-14(20)3-4-15(16)17/h3-4,6-7,12-13,24H,5,8-11H2,1-2H3,(H,21,25). The molecule has 0 bridgehead atoms. The molecule has 1 amide bonds. The fourth-order valence-electron chi connectivity index (χ4n) is 3.84. The summed E-state index contributed by atoms with van der Waals surface area (Å²) in [7, 11) is 3.96. The lowest BCUT2D eigenvalue weighted by atomic mass is 9.88. The van der Waals surface area contributed by atoms with Crippen molar-refractivity contribution in [2.75, 3.05) is 40.3 Å². The van der Waals surface area contributed by atoms with Gasteiger partial charge in [-0.2, -0.15) is 0 Å². The maximum atomic E-state index is 13.5. The number of amides is 1. The third-order valence-electron chi connectivity index (χ3n) is 4.83. The maximum absolute atomic E-state index is 13.5. The topological polar surface area (TPSA) is 76.6 Å². The first-order valence-corrected chi connectivity index (χ1v) is 8.75. The molecule has 0 saturated carbocycles. The van der Waals surface area contributed by atoms with Gasteiger partial charge in [-0.15, -0.1) is 0 Å². The summed E-state index contributed by atoms with van der Waals surface area (Å²) in [4.78, 5) is 31.4. The molecule has 26 heavy (non-hydrogen) atoms. The Morgan fingerprint density at radius 2 is 2.04 bits per heavy atom. The van der Waals surface area contributed by atoms with Gasteiger partial charge in [0.25, 0.3) is 5.91 Å². The SMILES string of the molecule is CN(C)CC1CC(CO)CN(C(=O)c2cc(=O)[nH]c3cc(F)ccc23)C1. The van der Waals surface area contributed by atoms with Gasteiger partial charge in [-0.05, 0) is 50.6 Å². The van der Waals surface area contributed by atoms with Gasteiger partial charge >= 0.3 is 0 Å². The lowest BCUT2D eigenvalue weighted by Crippen LogP contribution is -2.47. The summed E-state index contributed by atoms with van der Waals surface area (Å²) in [6, 6.07) is 5.28. The van der Waals surface area contributed by atoms with E-state index in [0.29, 0.717) is 24.0 Å². The highest BCUT2D eigenvalue weighted by Crippen LogP contribution is 2.25. The number of pyridine rings is 1. The van der Waals surface area contributed by atoms with Crippen molar-refractivity contribution in [2.45, 2.75) is 6.42 Å². The number of hydrogen-bond donors (Lipinski definition) is 2. The molecular formula is C19H24FN3O3. The van der Waals surface area contributed by atoms with E-state index in [2.05, 4.69) is 9.88 Å². The number of aliphatic hydroxyl groups is 1. The van der Waals surface area contributed by atoms with Crippen LogP contribution in [0.25, 0.3) is 10.9 Å². The number of nitrogens with zero attached hydrogens (tertiary/aromatic N) is 2. The molecule has 2 aromatic rings. The summed E-state index contributed by atoms with van der Waals surface area (Å²) in [5.41, 5.74) is 0.138. The maximum Gasteiger partial charge on any atom is 0.254 e. The molecule has 0 spiro atoms. The molecule has 1 aliphatic rings. The molecular weight excluding hydrogens is 337 g/mol. The molecule has 3 rings (SSSR count). The molecule has 1 aromatic carbocycles. The number of aromatic nitrogens is 1. The Morgan fingerprint density at radius 1 is 1.31 bits per heavy atom. The first kappa shape index (κ1) is 18.5. The Hall–Kier alpha value is -2.25. The second-order valence-corrected chi connectivity index (χ2v) is 7.36. The Labute approximate surface area is 151 Å². The summed E-state index contributed by atoms with van der Waals surface area (Å²) in [6.45, 7) is 1.87. The first-order valence-electron chi connectivity index (χ1n) is 8.75.